The van der Waals surface area contributed by atoms with Gasteiger partial charge in [0, 0.05) is 7.05 Å². The summed E-state index contributed by atoms with van der Waals surface area (Å²) in [6.45, 7) is 8.09. The fourth-order valence-electron chi connectivity index (χ4n) is 2.00. The first-order chi connectivity index (χ1) is 11.3. The minimum Gasteiger partial charge on any atom is -0.485 e. The molecule has 1 heterocycles. The van der Waals surface area contributed by atoms with Crippen molar-refractivity contribution in [2.45, 2.75) is 44.2 Å². The summed E-state index contributed by atoms with van der Waals surface area (Å²) in [5, 5.41) is 8.98. The smallest absolute Gasteiger partial charge is 0.322 e. The molecule has 0 fully saturated rings. The molecule has 1 aromatic heterocycles. The summed E-state index contributed by atoms with van der Waals surface area (Å²) in [4.78, 5) is 12.0. The molecule has 24 heavy (non-hydrogen) atoms. The van der Waals surface area contributed by atoms with Crippen molar-refractivity contribution in [1.29, 1.82) is 0 Å². The molecule has 0 amide bonds. The second-order valence-corrected chi connectivity index (χ2v) is 7.43. The maximum atomic E-state index is 12.0. The van der Waals surface area contributed by atoms with Gasteiger partial charge in [-0.25, -0.2) is 0 Å². The van der Waals surface area contributed by atoms with Gasteiger partial charge in [-0.3, -0.25) is 4.79 Å². The van der Waals surface area contributed by atoms with Gasteiger partial charge in [-0.1, -0.05) is 30.0 Å². The van der Waals surface area contributed by atoms with Gasteiger partial charge in [0.2, 0.25) is 0 Å². The highest BCUT2D eigenvalue weighted by atomic mass is 32.2. The molecule has 2 rings (SSSR count). The Bertz CT molecular complexity index is 713. The van der Waals surface area contributed by atoms with E-state index in [1.807, 2.05) is 56.7 Å². The molecule has 0 unspecified atom stereocenters. The largest absolute Gasteiger partial charge is 0.485 e. The lowest BCUT2D eigenvalue weighted by atomic mass is 10.2. The number of hydrogen-bond acceptors (Lipinski definition) is 6. The molecule has 0 N–H and O–H groups in total. The van der Waals surface area contributed by atoms with E-state index in [0.29, 0.717) is 24.2 Å². The van der Waals surface area contributed by atoms with Gasteiger partial charge in [0.1, 0.15) is 17.1 Å². The van der Waals surface area contributed by atoms with Gasteiger partial charge >= 0.3 is 5.97 Å². The Morgan fingerprint density at radius 1 is 1.29 bits per heavy atom. The molecule has 0 radical (unpaired) electrons. The summed E-state index contributed by atoms with van der Waals surface area (Å²) in [5.74, 6) is 1.25. The first kappa shape index (κ1) is 18.3. The minimum atomic E-state index is -0.731. The monoisotopic (exact) mass is 349 g/mol. The van der Waals surface area contributed by atoms with E-state index in [0.717, 1.165) is 11.3 Å². The zero-order valence-corrected chi connectivity index (χ0v) is 15.5. The second-order valence-electron chi connectivity index (χ2n) is 5.84. The number of carbonyl (C=O) groups excluding carboxylic acids is 1. The van der Waals surface area contributed by atoms with Gasteiger partial charge < -0.3 is 14.0 Å². The average Bonchev–Trinajstić information content (AvgIpc) is 2.87. The van der Waals surface area contributed by atoms with Gasteiger partial charge in [0.05, 0.1) is 6.61 Å². The Kier molecular flexibility index (Phi) is 5.88. The number of hydrogen-bond donors (Lipinski definition) is 0. The highest BCUT2D eigenvalue weighted by Gasteiger charge is 2.32. The number of rotatable bonds is 7. The van der Waals surface area contributed by atoms with Crippen LogP contribution in [0.5, 0.6) is 5.75 Å². The predicted octanol–water partition coefficient (Wildman–Crippen LogP) is 3.14. The van der Waals surface area contributed by atoms with Gasteiger partial charge in [-0.05, 0) is 39.3 Å². The van der Waals surface area contributed by atoms with E-state index in [2.05, 4.69) is 10.2 Å². The molecular weight excluding hydrogens is 326 g/mol. The lowest BCUT2D eigenvalue weighted by molar-refractivity contribution is -0.145. The van der Waals surface area contributed by atoms with E-state index in [-0.39, 0.29) is 5.97 Å². The van der Waals surface area contributed by atoms with E-state index in [9.17, 15) is 4.79 Å². The van der Waals surface area contributed by atoms with E-state index in [1.165, 1.54) is 11.8 Å². The van der Waals surface area contributed by atoms with Crippen LogP contribution in [0.4, 0.5) is 0 Å². The third-order valence-corrected chi connectivity index (χ3v) is 4.70. The maximum absolute atomic E-state index is 12.0. The highest BCUT2D eigenvalue weighted by Crippen LogP contribution is 2.32. The number of aromatic nitrogens is 3. The van der Waals surface area contributed by atoms with Crippen molar-refractivity contribution in [3.05, 3.63) is 35.7 Å². The molecule has 6 nitrogen and oxygen atoms in total. The number of nitrogens with zero attached hydrogens (tertiary/aromatic N) is 3. The summed E-state index contributed by atoms with van der Waals surface area (Å²) in [5.41, 5.74) is 1.07. The molecule has 0 saturated heterocycles. The Morgan fingerprint density at radius 2 is 2.00 bits per heavy atom. The molecule has 1 aromatic carbocycles. The van der Waals surface area contributed by atoms with Crippen LogP contribution >= 0.6 is 11.8 Å². The van der Waals surface area contributed by atoms with Crippen molar-refractivity contribution < 1.29 is 14.3 Å². The normalized spacial score (nSPS) is 11.4. The first-order valence-corrected chi connectivity index (χ1v) is 8.59. The standard InChI is InChI=1S/C17H23N3O3S/c1-6-22-15(21)17(3,4)24-16-19-18-14(20(16)5)11-23-13-10-8-7-9-12(13)2/h7-10H,6,11H2,1-5H3. The van der Waals surface area contributed by atoms with Crippen LogP contribution in [0.25, 0.3) is 0 Å². The number of aryl methyl sites for hydroxylation is 1. The number of thioether (sulfide) groups is 1. The van der Waals surface area contributed by atoms with Crippen molar-refractivity contribution in [3.63, 3.8) is 0 Å². The van der Waals surface area contributed by atoms with Crippen LogP contribution in [0, 0.1) is 6.92 Å². The van der Waals surface area contributed by atoms with Crippen LogP contribution in [0.3, 0.4) is 0 Å². The fraction of sp³-hybridized carbons (Fsp3) is 0.471. The number of ether oxygens (including phenoxy) is 2. The number of esters is 1. The van der Waals surface area contributed by atoms with E-state index < -0.39 is 4.75 Å². The van der Waals surface area contributed by atoms with Crippen LogP contribution in [0.15, 0.2) is 29.4 Å². The molecule has 130 valence electrons. The van der Waals surface area contributed by atoms with Crippen molar-refractivity contribution in [2.75, 3.05) is 6.61 Å². The third kappa shape index (κ3) is 4.29. The molecule has 0 saturated carbocycles. The fourth-order valence-corrected chi connectivity index (χ4v) is 2.92. The van der Waals surface area contributed by atoms with Gasteiger partial charge in [0.25, 0.3) is 0 Å². The highest BCUT2D eigenvalue weighted by molar-refractivity contribution is 8.01. The number of benzene rings is 1. The molecule has 2 aromatic rings. The minimum absolute atomic E-state index is 0.268. The summed E-state index contributed by atoms with van der Waals surface area (Å²) in [6.07, 6.45) is 0. The van der Waals surface area contributed by atoms with Gasteiger partial charge in [-0.15, -0.1) is 10.2 Å². The third-order valence-electron chi connectivity index (χ3n) is 3.49. The molecule has 0 spiro atoms. The molecular formula is C17H23N3O3S. The Morgan fingerprint density at radius 3 is 2.67 bits per heavy atom. The summed E-state index contributed by atoms with van der Waals surface area (Å²) >= 11 is 1.33. The van der Waals surface area contributed by atoms with Crippen LogP contribution in [0.2, 0.25) is 0 Å². The van der Waals surface area contributed by atoms with Crippen molar-refractivity contribution in [3.8, 4) is 5.75 Å². The van der Waals surface area contributed by atoms with Crippen LogP contribution < -0.4 is 4.74 Å². The number of carbonyl (C=O) groups is 1. The predicted molar refractivity (Wildman–Crippen MR) is 93.1 cm³/mol. The second kappa shape index (κ2) is 7.70. The van der Waals surface area contributed by atoms with Crippen LogP contribution in [0.1, 0.15) is 32.2 Å². The lowest BCUT2D eigenvalue weighted by Crippen LogP contribution is -2.30. The molecule has 7 heteroatoms. The van der Waals surface area contributed by atoms with Crippen LogP contribution in [-0.4, -0.2) is 32.1 Å². The topological polar surface area (TPSA) is 66.2 Å². The van der Waals surface area contributed by atoms with Crippen molar-refractivity contribution >= 4 is 17.7 Å². The van der Waals surface area contributed by atoms with E-state index in [1.54, 1.807) is 6.92 Å². The van der Waals surface area contributed by atoms with Gasteiger partial charge in [0.15, 0.2) is 11.0 Å². The zero-order chi connectivity index (χ0) is 17.7. The maximum Gasteiger partial charge on any atom is 0.322 e. The van der Waals surface area contributed by atoms with Gasteiger partial charge in [-0.2, -0.15) is 0 Å². The average molecular weight is 349 g/mol. The van der Waals surface area contributed by atoms with Crippen molar-refractivity contribution in [1.82, 2.24) is 14.8 Å². The number of para-hydroxylation sites is 1. The molecule has 0 atom stereocenters. The Balaban J connectivity index is 2.06. The van der Waals surface area contributed by atoms with Crippen LogP contribution in [-0.2, 0) is 23.2 Å². The quantitative estimate of drug-likeness (QED) is 0.565. The molecule has 0 bridgehead atoms. The molecule has 0 aliphatic heterocycles. The Labute approximate surface area is 146 Å². The lowest BCUT2D eigenvalue weighted by Gasteiger charge is -2.20. The van der Waals surface area contributed by atoms with E-state index in [4.69, 9.17) is 9.47 Å². The van der Waals surface area contributed by atoms with Crippen molar-refractivity contribution in [2.24, 2.45) is 7.05 Å². The first-order valence-electron chi connectivity index (χ1n) is 7.78. The summed E-state index contributed by atoms with van der Waals surface area (Å²) < 4.78 is 12.0. The van der Waals surface area contributed by atoms with E-state index >= 15 is 0 Å². The summed E-state index contributed by atoms with van der Waals surface area (Å²) in [7, 11) is 1.86. The molecule has 0 aliphatic carbocycles. The zero-order valence-electron chi connectivity index (χ0n) is 14.7. The SMILES string of the molecule is CCOC(=O)C(C)(C)Sc1nnc(COc2ccccc2C)n1C. The summed E-state index contributed by atoms with van der Waals surface area (Å²) in [6, 6.07) is 7.82. The molecule has 0 aliphatic rings. The Hall–Kier alpha value is -2.02.